The molecule has 0 N–H and O–H groups in total. The first-order valence-electron chi connectivity index (χ1n) is 9.09. The van der Waals surface area contributed by atoms with E-state index in [1.165, 1.54) is 0 Å². The minimum Gasteiger partial charge on any atom is -0.495 e. The molecule has 154 valence electrons. The molecule has 2 aromatic carbocycles. The number of ether oxygens (including phenoxy) is 4. The number of hydrogen-bond donors (Lipinski definition) is 0. The van der Waals surface area contributed by atoms with Gasteiger partial charge in [0.1, 0.15) is 34.2 Å². The Morgan fingerprint density at radius 2 is 0.964 bits per heavy atom. The van der Waals surface area contributed by atoms with Crippen molar-refractivity contribution in [2.75, 3.05) is 14.2 Å². The predicted molar refractivity (Wildman–Crippen MR) is 118 cm³/mol. The van der Waals surface area contributed by atoms with Crippen LogP contribution in [0.2, 0.25) is 0 Å². The van der Waals surface area contributed by atoms with Crippen LogP contribution < -0.4 is 18.9 Å². The number of benzene rings is 2. The summed E-state index contributed by atoms with van der Waals surface area (Å²) in [7, 11) is 6.57. The van der Waals surface area contributed by atoms with Crippen LogP contribution in [0.3, 0.4) is 0 Å². The second-order valence-electron chi connectivity index (χ2n) is 8.22. The summed E-state index contributed by atoms with van der Waals surface area (Å²) >= 11 is 0. The van der Waals surface area contributed by atoms with Gasteiger partial charge in [0.2, 0.25) is 0 Å². The lowest BCUT2D eigenvalue weighted by Crippen LogP contribution is -2.22. The van der Waals surface area contributed by atoms with Gasteiger partial charge in [-0.05, 0) is 87.4 Å². The molecule has 0 aliphatic rings. The van der Waals surface area contributed by atoms with E-state index >= 15 is 0 Å². The lowest BCUT2D eigenvalue weighted by Gasteiger charge is -2.22. The first kappa shape index (κ1) is 22.6. The molecule has 0 heterocycles. The summed E-state index contributed by atoms with van der Waals surface area (Å²) in [6.45, 7) is 12.2. The maximum atomic E-state index is 5.92. The van der Waals surface area contributed by atoms with Crippen LogP contribution in [0.25, 0.3) is 0 Å². The highest BCUT2D eigenvalue weighted by molar-refractivity contribution is 8.76. The molecule has 0 aliphatic carbocycles. The quantitative estimate of drug-likeness (QED) is 0.454. The third-order valence-corrected chi connectivity index (χ3v) is 5.78. The first-order valence-corrected chi connectivity index (χ1v) is 11.2. The van der Waals surface area contributed by atoms with E-state index in [2.05, 4.69) is 0 Å². The van der Waals surface area contributed by atoms with Gasteiger partial charge in [0.15, 0.2) is 0 Å². The Morgan fingerprint density at radius 1 is 0.607 bits per heavy atom. The molecule has 0 spiro atoms. The minimum absolute atomic E-state index is 0.251. The Balaban J connectivity index is 2.14. The van der Waals surface area contributed by atoms with Crippen molar-refractivity contribution in [2.24, 2.45) is 0 Å². The molecule has 0 saturated carbocycles. The molecule has 0 radical (unpaired) electrons. The maximum Gasteiger partial charge on any atom is 0.136 e. The van der Waals surface area contributed by atoms with E-state index in [-0.39, 0.29) is 11.2 Å². The molecule has 0 saturated heterocycles. The molecule has 4 nitrogen and oxygen atoms in total. The number of methoxy groups -OCH3 is 2. The van der Waals surface area contributed by atoms with E-state index in [1.807, 2.05) is 77.9 Å². The summed E-state index contributed by atoms with van der Waals surface area (Å²) in [4.78, 5) is 2.04. The minimum atomic E-state index is -0.251. The summed E-state index contributed by atoms with van der Waals surface area (Å²) < 4.78 is 23.0. The van der Waals surface area contributed by atoms with Gasteiger partial charge in [-0.3, -0.25) is 0 Å². The third kappa shape index (κ3) is 7.06. The fourth-order valence-corrected chi connectivity index (χ4v) is 4.60. The van der Waals surface area contributed by atoms with E-state index in [1.54, 1.807) is 35.8 Å². The zero-order valence-electron chi connectivity index (χ0n) is 17.9. The summed E-state index contributed by atoms with van der Waals surface area (Å²) in [6, 6.07) is 11.8. The standard InChI is InChI=1S/C22H30O4S2/c1-21(2,3)25-15-9-11-19(17(13-15)23-7)27-28-20-12-10-16(14-18(20)24-8)26-22(4,5)6/h9-14H,1-8H3. The monoisotopic (exact) mass is 422 g/mol. The van der Waals surface area contributed by atoms with Gasteiger partial charge in [-0.2, -0.15) is 0 Å². The van der Waals surface area contributed by atoms with Crippen molar-refractivity contribution in [3.05, 3.63) is 36.4 Å². The Labute approximate surface area is 176 Å². The summed E-state index contributed by atoms with van der Waals surface area (Å²) in [5, 5.41) is 0. The van der Waals surface area contributed by atoms with Crippen LogP contribution in [0.1, 0.15) is 41.5 Å². The third-order valence-electron chi connectivity index (χ3n) is 3.34. The van der Waals surface area contributed by atoms with E-state index in [4.69, 9.17) is 18.9 Å². The lowest BCUT2D eigenvalue weighted by atomic mass is 10.2. The molecule has 0 unspecified atom stereocenters. The molecule has 2 rings (SSSR count). The molecular weight excluding hydrogens is 392 g/mol. The normalized spacial score (nSPS) is 11.9. The maximum absolute atomic E-state index is 5.92. The second kappa shape index (κ2) is 9.23. The molecule has 0 atom stereocenters. The molecule has 28 heavy (non-hydrogen) atoms. The Hall–Kier alpha value is -1.66. The van der Waals surface area contributed by atoms with Crippen molar-refractivity contribution in [2.45, 2.75) is 62.5 Å². The van der Waals surface area contributed by atoms with E-state index in [0.29, 0.717) is 0 Å². The molecule has 0 amide bonds. The fraction of sp³-hybridized carbons (Fsp3) is 0.455. The Kier molecular flexibility index (Phi) is 7.46. The lowest BCUT2D eigenvalue weighted by molar-refractivity contribution is 0.130. The first-order chi connectivity index (χ1) is 13.0. The van der Waals surface area contributed by atoms with E-state index in [9.17, 15) is 0 Å². The highest BCUT2D eigenvalue weighted by Crippen LogP contribution is 2.46. The van der Waals surface area contributed by atoms with Gasteiger partial charge < -0.3 is 18.9 Å². The topological polar surface area (TPSA) is 36.9 Å². The van der Waals surface area contributed by atoms with Crippen molar-refractivity contribution in [1.82, 2.24) is 0 Å². The van der Waals surface area contributed by atoms with Gasteiger partial charge in [-0.25, -0.2) is 0 Å². The van der Waals surface area contributed by atoms with Crippen LogP contribution in [0.4, 0.5) is 0 Å². The fourth-order valence-electron chi connectivity index (χ4n) is 2.36. The van der Waals surface area contributed by atoms with Crippen molar-refractivity contribution in [3.8, 4) is 23.0 Å². The zero-order chi connectivity index (χ0) is 20.9. The molecule has 0 fully saturated rings. The van der Waals surface area contributed by atoms with Gasteiger partial charge >= 0.3 is 0 Å². The molecule has 2 aromatic rings. The zero-order valence-corrected chi connectivity index (χ0v) is 19.5. The molecule has 0 aliphatic heterocycles. The summed E-state index contributed by atoms with van der Waals surface area (Å²) in [6.07, 6.45) is 0. The van der Waals surface area contributed by atoms with Gasteiger partial charge in [0.25, 0.3) is 0 Å². The van der Waals surface area contributed by atoms with Crippen LogP contribution in [0, 0.1) is 0 Å². The van der Waals surface area contributed by atoms with Crippen LogP contribution in [-0.4, -0.2) is 25.4 Å². The van der Waals surface area contributed by atoms with Gasteiger partial charge in [0, 0.05) is 12.1 Å². The second-order valence-corrected chi connectivity index (χ2v) is 10.4. The summed E-state index contributed by atoms with van der Waals surface area (Å²) in [5.74, 6) is 3.15. The molecular formula is C22H30O4S2. The van der Waals surface area contributed by atoms with Crippen LogP contribution in [0.5, 0.6) is 23.0 Å². The molecule has 6 heteroatoms. The smallest absolute Gasteiger partial charge is 0.136 e. The van der Waals surface area contributed by atoms with Crippen molar-refractivity contribution >= 4 is 21.6 Å². The Bertz CT molecular complexity index is 725. The Morgan fingerprint density at radius 3 is 1.25 bits per heavy atom. The average Bonchev–Trinajstić information content (AvgIpc) is 2.58. The highest BCUT2D eigenvalue weighted by atomic mass is 33.1. The number of rotatable bonds is 7. The van der Waals surface area contributed by atoms with Gasteiger partial charge in [0.05, 0.1) is 24.0 Å². The highest BCUT2D eigenvalue weighted by Gasteiger charge is 2.16. The van der Waals surface area contributed by atoms with Crippen molar-refractivity contribution in [1.29, 1.82) is 0 Å². The van der Waals surface area contributed by atoms with E-state index in [0.717, 1.165) is 32.8 Å². The van der Waals surface area contributed by atoms with Gasteiger partial charge in [-0.15, -0.1) is 0 Å². The predicted octanol–water partition coefficient (Wildman–Crippen LogP) is 6.86. The largest absolute Gasteiger partial charge is 0.495 e. The average molecular weight is 423 g/mol. The van der Waals surface area contributed by atoms with E-state index < -0.39 is 0 Å². The van der Waals surface area contributed by atoms with Crippen LogP contribution in [0.15, 0.2) is 46.2 Å². The van der Waals surface area contributed by atoms with Crippen LogP contribution in [-0.2, 0) is 0 Å². The summed E-state index contributed by atoms with van der Waals surface area (Å²) in [5.41, 5.74) is -0.503. The van der Waals surface area contributed by atoms with Gasteiger partial charge in [-0.1, -0.05) is 0 Å². The van der Waals surface area contributed by atoms with Crippen molar-refractivity contribution < 1.29 is 18.9 Å². The van der Waals surface area contributed by atoms with Crippen LogP contribution >= 0.6 is 21.6 Å². The number of hydrogen-bond acceptors (Lipinski definition) is 6. The molecule has 0 aromatic heterocycles. The molecule has 0 bridgehead atoms. The SMILES string of the molecule is COc1cc(OC(C)(C)C)ccc1SSc1ccc(OC(C)(C)C)cc1OC. The van der Waals surface area contributed by atoms with Crippen molar-refractivity contribution in [3.63, 3.8) is 0 Å².